The van der Waals surface area contributed by atoms with Crippen molar-refractivity contribution < 1.29 is 19.2 Å². The first-order chi connectivity index (χ1) is 16.0. The fourth-order valence-electron chi connectivity index (χ4n) is 4.15. The van der Waals surface area contributed by atoms with Gasteiger partial charge in [0, 0.05) is 42.3 Å². The maximum Gasteiger partial charge on any atom is 0.319 e. The fraction of sp³-hybridized carbons (Fsp3) is 0.217. The second kappa shape index (κ2) is 8.30. The SMILES string of the molecule is O=C1CCC(N2Cc3cc(CNC(=O)Nc4ccc5cncnc5c4)ccc3C2=O)C(=O)N1. The van der Waals surface area contributed by atoms with Gasteiger partial charge in [-0.05, 0) is 41.8 Å². The number of benzene rings is 2. The average molecular weight is 444 g/mol. The molecule has 0 saturated carbocycles. The zero-order valence-corrected chi connectivity index (χ0v) is 17.5. The number of hydrogen-bond acceptors (Lipinski definition) is 6. The van der Waals surface area contributed by atoms with Crippen LogP contribution in [0.2, 0.25) is 0 Å². The van der Waals surface area contributed by atoms with E-state index in [0.717, 1.165) is 22.0 Å². The van der Waals surface area contributed by atoms with Crippen molar-refractivity contribution in [2.45, 2.75) is 32.0 Å². The molecular weight excluding hydrogens is 424 g/mol. The van der Waals surface area contributed by atoms with Gasteiger partial charge in [-0.25, -0.2) is 14.8 Å². The van der Waals surface area contributed by atoms with E-state index in [1.807, 2.05) is 12.1 Å². The number of piperidine rings is 1. The normalized spacial score (nSPS) is 17.6. The lowest BCUT2D eigenvalue weighted by Crippen LogP contribution is -2.52. The van der Waals surface area contributed by atoms with E-state index in [2.05, 4.69) is 25.9 Å². The summed E-state index contributed by atoms with van der Waals surface area (Å²) in [6.45, 7) is 0.556. The van der Waals surface area contributed by atoms with E-state index in [0.29, 0.717) is 24.2 Å². The van der Waals surface area contributed by atoms with E-state index in [4.69, 9.17) is 0 Å². The molecule has 2 aliphatic rings. The first-order valence-electron chi connectivity index (χ1n) is 10.5. The number of fused-ring (bicyclic) bond motifs is 2. The number of carbonyl (C=O) groups is 4. The highest BCUT2D eigenvalue weighted by Crippen LogP contribution is 2.28. The summed E-state index contributed by atoms with van der Waals surface area (Å²) in [6, 6.07) is 9.69. The van der Waals surface area contributed by atoms with Gasteiger partial charge in [0.15, 0.2) is 0 Å². The number of aromatic nitrogens is 2. The number of carbonyl (C=O) groups excluding carboxylic acids is 4. The number of imide groups is 1. The molecule has 1 saturated heterocycles. The van der Waals surface area contributed by atoms with Gasteiger partial charge in [-0.2, -0.15) is 0 Å². The highest BCUT2D eigenvalue weighted by Gasteiger charge is 2.39. The molecule has 0 radical (unpaired) electrons. The number of amides is 5. The maximum absolute atomic E-state index is 12.8. The Bertz CT molecular complexity index is 1310. The summed E-state index contributed by atoms with van der Waals surface area (Å²) >= 11 is 0. The van der Waals surface area contributed by atoms with Crippen LogP contribution in [0.3, 0.4) is 0 Å². The Morgan fingerprint density at radius 1 is 1.15 bits per heavy atom. The zero-order chi connectivity index (χ0) is 22.9. The van der Waals surface area contributed by atoms with Crippen LogP contribution in [-0.2, 0) is 22.7 Å². The molecule has 2 aromatic carbocycles. The van der Waals surface area contributed by atoms with Crippen molar-refractivity contribution >= 4 is 40.3 Å². The maximum atomic E-state index is 12.8. The first kappa shape index (κ1) is 20.6. The zero-order valence-electron chi connectivity index (χ0n) is 17.5. The molecule has 3 aromatic rings. The molecule has 10 heteroatoms. The lowest BCUT2D eigenvalue weighted by Gasteiger charge is -2.29. The summed E-state index contributed by atoms with van der Waals surface area (Å²) in [4.78, 5) is 58.3. The van der Waals surface area contributed by atoms with E-state index < -0.39 is 11.9 Å². The van der Waals surface area contributed by atoms with Gasteiger partial charge in [-0.3, -0.25) is 19.7 Å². The predicted molar refractivity (Wildman–Crippen MR) is 118 cm³/mol. The van der Waals surface area contributed by atoms with Crippen LogP contribution in [0.15, 0.2) is 48.9 Å². The summed E-state index contributed by atoms with van der Waals surface area (Å²) in [6.07, 6.45) is 3.68. The largest absolute Gasteiger partial charge is 0.334 e. The minimum Gasteiger partial charge on any atom is -0.334 e. The Morgan fingerprint density at radius 3 is 2.88 bits per heavy atom. The summed E-state index contributed by atoms with van der Waals surface area (Å²) in [5.74, 6) is -0.980. The molecule has 2 aliphatic heterocycles. The molecule has 1 fully saturated rings. The van der Waals surface area contributed by atoms with Gasteiger partial charge in [0.05, 0.1) is 5.52 Å². The van der Waals surface area contributed by atoms with Gasteiger partial charge in [0.25, 0.3) is 5.91 Å². The lowest BCUT2D eigenvalue weighted by molar-refractivity contribution is -0.136. The molecule has 33 heavy (non-hydrogen) atoms. The first-order valence-corrected chi connectivity index (χ1v) is 10.5. The van der Waals surface area contributed by atoms with Crippen molar-refractivity contribution in [2.75, 3.05) is 5.32 Å². The van der Waals surface area contributed by atoms with E-state index in [1.54, 1.807) is 30.5 Å². The van der Waals surface area contributed by atoms with Crippen molar-refractivity contribution in [3.8, 4) is 0 Å². The van der Waals surface area contributed by atoms with E-state index in [9.17, 15) is 19.2 Å². The van der Waals surface area contributed by atoms with Crippen LogP contribution in [-0.4, -0.2) is 44.7 Å². The van der Waals surface area contributed by atoms with Gasteiger partial charge in [-0.1, -0.05) is 12.1 Å². The Kier molecular flexibility index (Phi) is 5.17. The third kappa shape index (κ3) is 4.10. The number of hydrogen-bond donors (Lipinski definition) is 3. The van der Waals surface area contributed by atoms with Gasteiger partial charge in [0.2, 0.25) is 11.8 Å². The molecule has 3 N–H and O–H groups in total. The third-order valence-electron chi connectivity index (χ3n) is 5.81. The average Bonchev–Trinajstić information content (AvgIpc) is 3.13. The predicted octanol–water partition coefficient (Wildman–Crippen LogP) is 1.71. The van der Waals surface area contributed by atoms with E-state index in [-0.39, 0.29) is 30.8 Å². The summed E-state index contributed by atoms with van der Waals surface area (Å²) in [5, 5.41) is 8.75. The molecule has 5 rings (SSSR count). The van der Waals surface area contributed by atoms with Crippen molar-refractivity contribution in [3.05, 3.63) is 65.6 Å². The molecule has 10 nitrogen and oxygen atoms in total. The molecular formula is C23H20N6O4. The summed E-state index contributed by atoms with van der Waals surface area (Å²) in [5.41, 5.74) is 3.49. The Morgan fingerprint density at radius 2 is 2.03 bits per heavy atom. The van der Waals surface area contributed by atoms with Crippen LogP contribution in [0.5, 0.6) is 0 Å². The molecule has 5 amide bonds. The number of urea groups is 1. The van der Waals surface area contributed by atoms with Gasteiger partial charge in [0.1, 0.15) is 12.4 Å². The second-order valence-corrected chi connectivity index (χ2v) is 8.00. The fourth-order valence-corrected chi connectivity index (χ4v) is 4.15. The van der Waals surface area contributed by atoms with Crippen molar-refractivity contribution in [3.63, 3.8) is 0 Å². The minimum absolute atomic E-state index is 0.213. The lowest BCUT2D eigenvalue weighted by atomic mass is 10.0. The summed E-state index contributed by atoms with van der Waals surface area (Å²) in [7, 11) is 0. The third-order valence-corrected chi connectivity index (χ3v) is 5.81. The molecule has 166 valence electrons. The molecule has 0 bridgehead atoms. The van der Waals surface area contributed by atoms with Gasteiger partial charge < -0.3 is 15.5 Å². The Balaban J connectivity index is 1.21. The molecule has 3 heterocycles. The smallest absolute Gasteiger partial charge is 0.319 e. The monoisotopic (exact) mass is 444 g/mol. The van der Waals surface area contributed by atoms with E-state index >= 15 is 0 Å². The number of anilines is 1. The van der Waals surface area contributed by atoms with Crippen LogP contribution in [0.25, 0.3) is 10.9 Å². The molecule has 1 aromatic heterocycles. The molecule has 1 unspecified atom stereocenters. The highest BCUT2D eigenvalue weighted by atomic mass is 16.2. The Labute approximate surface area is 188 Å². The van der Waals surface area contributed by atoms with Crippen LogP contribution >= 0.6 is 0 Å². The van der Waals surface area contributed by atoms with E-state index in [1.165, 1.54) is 11.2 Å². The topological polar surface area (TPSA) is 133 Å². The highest BCUT2D eigenvalue weighted by molar-refractivity contribution is 6.05. The van der Waals surface area contributed by atoms with Crippen LogP contribution < -0.4 is 16.0 Å². The summed E-state index contributed by atoms with van der Waals surface area (Å²) < 4.78 is 0. The minimum atomic E-state index is -0.651. The van der Waals surface area contributed by atoms with Gasteiger partial charge >= 0.3 is 6.03 Å². The van der Waals surface area contributed by atoms with Crippen molar-refractivity contribution in [1.29, 1.82) is 0 Å². The Hall–Kier alpha value is -4.34. The van der Waals surface area contributed by atoms with Crippen LogP contribution in [0, 0.1) is 0 Å². The van der Waals surface area contributed by atoms with Crippen LogP contribution in [0.4, 0.5) is 10.5 Å². The molecule has 0 aliphatic carbocycles. The number of nitrogens with one attached hydrogen (secondary N) is 3. The standard InChI is InChI=1S/C23H20N6O4/c30-20-6-5-19(21(31)28-20)29-11-15-7-13(1-4-17(15)22(29)32)9-25-23(33)27-16-3-2-14-10-24-12-26-18(14)8-16/h1-4,7-8,10,12,19H,5-6,9,11H2,(H2,25,27,33)(H,28,30,31). The van der Waals surface area contributed by atoms with Crippen molar-refractivity contribution in [2.24, 2.45) is 0 Å². The molecule has 0 spiro atoms. The number of nitrogens with zero attached hydrogens (tertiary/aromatic N) is 3. The van der Waals surface area contributed by atoms with Crippen LogP contribution in [0.1, 0.15) is 34.3 Å². The quantitative estimate of drug-likeness (QED) is 0.525. The number of rotatable bonds is 4. The van der Waals surface area contributed by atoms with Crippen molar-refractivity contribution in [1.82, 2.24) is 25.5 Å². The van der Waals surface area contributed by atoms with Gasteiger partial charge in [-0.15, -0.1) is 0 Å². The second-order valence-electron chi connectivity index (χ2n) is 8.00. The molecule has 1 atom stereocenters.